The van der Waals surface area contributed by atoms with Crippen LogP contribution in [0.4, 0.5) is 0 Å². The Morgan fingerprint density at radius 3 is 1.90 bits per heavy atom. The van der Waals surface area contributed by atoms with Gasteiger partial charge in [-0.05, 0) is 0 Å². The van der Waals surface area contributed by atoms with Crippen LogP contribution in [0.5, 0.6) is 0 Å². The van der Waals surface area contributed by atoms with Gasteiger partial charge in [0.1, 0.15) is 0 Å². The molecular formula is C5H9Cl3O2. The van der Waals surface area contributed by atoms with Crippen molar-refractivity contribution in [1.29, 1.82) is 0 Å². The van der Waals surface area contributed by atoms with Crippen LogP contribution in [0.2, 0.25) is 0 Å². The van der Waals surface area contributed by atoms with Crippen molar-refractivity contribution in [3.63, 3.8) is 0 Å². The zero-order valence-corrected chi connectivity index (χ0v) is 7.44. The number of aliphatic hydroxyl groups excluding tert-OH is 2. The Labute approximate surface area is 74.7 Å². The van der Waals surface area contributed by atoms with Gasteiger partial charge in [-0.3, -0.25) is 0 Å². The van der Waals surface area contributed by atoms with Crippen molar-refractivity contribution in [1.82, 2.24) is 0 Å². The maximum atomic E-state index is 9.04. The minimum Gasteiger partial charge on any atom is -0.389 e. The van der Waals surface area contributed by atoms with E-state index in [0.717, 1.165) is 0 Å². The quantitative estimate of drug-likeness (QED) is 0.670. The summed E-state index contributed by atoms with van der Waals surface area (Å²) in [7, 11) is 0. The number of halogens is 3. The van der Waals surface area contributed by atoms with Gasteiger partial charge in [0.25, 0.3) is 0 Å². The van der Waals surface area contributed by atoms with E-state index in [4.69, 9.17) is 45.0 Å². The molecule has 0 fully saturated rings. The van der Waals surface area contributed by atoms with Gasteiger partial charge >= 0.3 is 0 Å². The molecular weight excluding hydrogens is 198 g/mol. The Balaban J connectivity index is 3.69. The van der Waals surface area contributed by atoms with Crippen molar-refractivity contribution in [3.8, 4) is 0 Å². The zero-order chi connectivity index (χ0) is 8.15. The molecule has 0 radical (unpaired) electrons. The van der Waals surface area contributed by atoms with E-state index in [1.165, 1.54) is 0 Å². The molecule has 0 spiro atoms. The van der Waals surface area contributed by atoms with Crippen LogP contribution >= 0.6 is 34.8 Å². The van der Waals surface area contributed by atoms with E-state index < -0.39 is 17.6 Å². The molecule has 5 heteroatoms. The van der Waals surface area contributed by atoms with Crippen LogP contribution in [0.25, 0.3) is 0 Å². The Bertz CT molecular complexity index is 81.0. The summed E-state index contributed by atoms with van der Waals surface area (Å²) in [6.07, 6.45) is -2.04. The molecule has 62 valence electrons. The maximum absolute atomic E-state index is 9.04. The molecule has 2 nitrogen and oxygen atoms in total. The summed E-state index contributed by atoms with van der Waals surface area (Å²) >= 11 is 16.0. The first-order valence-electron chi connectivity index (χ1n) is 2.75. The fraction of sp³-hybridized carbons (Fsp3) is 1.00. The lowest BCUT2D eigenvalue weighted by molar-refractivity contribution is 0.0344. The topological polar surface area (TPSA) is 40.5 Å². The predicted octanol–water partition coefficient (Wildman–Crippen LogP) is 0.793. The molecule has 0 amide bonds. The molecule has 0 aromatic heterocycles. The largest absolute Gasteiger partial charge is 0.389 e. The minimum atomic E-state index is -1.04. The summed E-state index contributed by atoms with van der Waals surface area (Å²) in [5.74, 6) is 0.0535. The highest BCUT2D eigenvalue weighted by Gasteiger charge is 2.22. The van der Waals surface area contributed by atoms with Gasteiger partial charge in [0, 0.05) is 5.88 Å². The molecule has 10 heavy (non-hydrogen) atoms. The van der Waals surface area contributed by atoms with Gasteiger partial charge in [-0.25, -0.2) is 0 Å². The number of rotatable bonds is 4. The highest BCUT2D eigenvalue weighted by molar-refractivity contribution is 6.28. The van der Waals surface area contributed by atoms with Crippen molar-refractivity contribution in [2.75, 3.05) is 11.8 Å². The molecule has 0 aliphatic carbocycles. The fourth-order valence-corrected chi connectivity index (χ4v) is 0.957. The Morgan fingerprint density at radius 1 is 1.10 bits per heavy atom. The van der Waals surface area contributed by atoms with Crippen LogP contribution in [-0.4, -0.2) is 39.6 Å². The normalized spacial score (nSPS) is 20.1. The smallest absolute Gasteiger partial charge is 0.0985 e. The average Bonchev–Trinajstić information content (AvgIpc) is 2.00. The van der Waals surface area contributed by atoms with Crippen LogP contribution in [0.3, 0.4) is 0 Å². The number of hydrogen-bond acceptors (Lipinski definition) is 2. The molecule has 0 rings (SSSR count). The van der Waals surface area contributed by atoms with Crippen molar-refractivity contribution < 1.29 is 10.2 Å². The second-order valence-corrected chi connectivity index (χ2v) is 3.06. The van der Waals surface area contributed by atoms with E-state index in [1.54, 1.807) is 0 Å². The average molecular weight is 207 g/mol. The van der Waals surface area contributed by atoms with Crippen LogP contribution in [0.1, 0.15) is 0 Å². The molecule has 0 bridgehead atoms. The highest BCUT2D eigenvalue weighted by Crippen LogP contribution is 2.09. The predicted molar refractivity (Wildman–Crippen MR) is 43.1 cm³/mol. The summed E-state index contributed by atoms with van der Waals surface area (Å²) in [4.78, 5) is 0. The summed E-state index contributed by atoms with van der Waals surface area (Å²) in [5.41, 5.74) is 0. The number of aliphatic hydroxyl groups is 2. The minimum absolute atomic E-state index is 0.0404. The van der Waals surface area contributed by atoms with Gasteiger partial charge in [0.05, 0.1) is 23.5 Å². The van der Waals surface area contributed by atoms with Crippen LogP contribution in [0, 0.1) is 0 Å². The second-order valence-electron chi connectivity index (χ2n) is 1.88. The molecule has 0 aromatic carbocycles. The molecule has 0 saturated carbocycles. The molecule has 0 aliphatic heterocycles. The third-order valence-electron chi connectivity index (χ3n) is 1.07. The fourth-order valence-electron chi connectivity index (χ4n) is 0.424. The van der Waals surface area contributed by atoms with Crippen molar-refractivity contribution in [2.24, 2.45) is 0 Å². The van der Waals surface area contributed by atoms with Gasteiger partial charge in [0.2, 0.25) is 0 Å². The van der Waals surface area contributed by atoms with Crippen molar-refractivity contribution in [2.45, 2.75) is 17.6 Å². The third-order valence-corrected chi connectivity index (χ3v) is 2.29. The summed E-state index contributed by atoms with van der Waals surface area (Å²) in [6, 6.07) is 0. The van der Waals surface area contributed by atoms with E-state index in [9.17, 15) is 0 Å². The van der Waals surface area contributed by atoms with Crippen molar-refractivity contribution >= 4 is 34.8 Å². The summed E-state index contributed by atoms with van der Waals surface area (Å²) in [6.45, 7) is 0. The van der Waals surface area contributed by atoms with Crippen molar-refractivity contribution in [3.05, 3.63) is 0 Å². The van der Waals surface area contributed by atoms with E-state index in [-0.39, 0.29) is 11.8 Å². The van der Waals surface area contributed by atoms with Gasteiger partial charge in [-0.1, -0.05) is 0 Å². The number of alkyl halides is 3. The van der Waals surface area contributed by atoms with Gasteiger partial charge in [0.15, 0.2) is 0 Å². The first kappa shape index (κ1) is 10.8. The first-order valence-corrected chi connectivity index (χ1v) is 4.26. The lowest BCUT2D eigenvalue weighted by atomic mass is 10.2. The zero-order valence-electron chi connectivity index (χ0n) is 5.17. The van der Waals surface area contributed by atoms with Gasteiger partial charge < -0.3 is 10.2 Å². The Morgan fingerprint density at radius 2 is 1.60 bits per heavy atom. The second kappa shape index (κ2) is 5.44. The van der Waals surface area contributed by atoms with E-state index in [2.05, 4.69) is 0 Å². The number of hydrogen-bond donors (Lipinski definition) is 2. The molecule has 3 unspecified atom stereocenters. The van der Waals surface area contributed by atoms with Crippen LogP contribution < -0.4 is 0 Å². The van der Waals surface area contributed by atoms with Gasteiger partial charge in [-0.2, -0.15) is 0 Å². The van der Waals surface area contributed by atoms with E-state index in [1.807, 2.05) is 0 Å². The lowest BCUT2D eigenvalue weighted by Gasteiger charge is -2.18. The monoisotopic (exact) mass is 206 g/mol. The molecule has 3 atom stereocenters. The third kappa shape index (κ3) is 3.26. The molecule has 0 aliphatic rings. The molecule has 0 aromatic rings. The standard InChI is InChI=1S/C5H9Cl3O2/c6-1-3(8)5(10)4(9)2-7/h3-5,9-10H,1-2H2. The highest BCUT2D eigenvalue weighted by atomic mass is 35.5. The molecule has 2 N–H and O–H groups in total. The lowest BCUT2D eigenvalue weighted by Crippen LogP contribution is -2.36. The Kier molecular flexibility index (Phi) is 5.87. The van der Waals surface area contributed by atoms with Crippen LogP contribution in [0.15, 0.2) is 0 Å². The van der Waals surface area contributed by atoms with E-state index >= 15 is 0 Å². The van der Waals surface area contributed by atoms with Gasteiger partial charge in [-0.15, -0.1) is 34.8 Å². The summed E-state index contributed by atoms with van der Waals surface area (Å²) in [5, 5.41) is 17.3. The Hall–Kier alpha value is 0.790. The molecule has 0 heterocycles. The van der Waals surface area contributed by atoms with Crippen LogP contribution in [-0.2, 0) is 0 Å². The first-order chi connectivity index (χ1) is 4.63. The maximum Gasteiger partial charge on any atom is 0.0985 e. The molecule has 0 saturated heterocycles. The summed E-state index contributed by atoms with van der Waals surface area (Å²) < 4.78 is 0. The van der Waals surface area contributed by atoms with E-state index in [0.29, 0.717) is 0 Å². The SMILES string of the molecule is OC(CCl)C(O)C(Cl)CCl.